The van der Waals surface area contributed by atoms with E-state index in [0.29, 0.717) is 5.92 Å². The fourth-order valence-electron chi connectivity index (χ4n) is 2.29. The van der Waals surface area contributed by atoms with Gasteiger partial charge in [0.1, 0.15) is 6.04 Å². The van der Waals surface area contributed by atoms with Crippen molar-refractivity contribution in [3.05, 3.63) is 29.8 Å². The second-order valence-corrected chi connectivity index (χ2v) is 4.73. The van der Waals surface area contributed by atoms with Crippen LogP contribution >= 0.6 is 0 Å². The number of hydrogen-bond donors (Lipinski definition) is 0. The molecule has 0 radical (unpaired) electrons. The van der Waals surface area contributed by atoms with Gasteiger partial charge in [0.15, 0.2) is 0 Å². The van der Waals surface area contributed by atoms with E-state index >= 15 is 0 Å². The molecule has 1 unspecified atom stereocenters. The Morgan fingerprint density at radius 1 is 1.41 bits per heavy atom. The van der Waals surface area contributed by atoms with Crippen molar-refractivity contribution in [1.29, 1.82) is 0 Å². The molecular weight excluding hydrogens is 214 g/mol. The van der Waals surface area contributed by atoms with Crippen LogP contribution in [0.5, 0.6) is 0 Å². The van der Waals surface area contributed by atoms with E-state index in [0.717, 1.165) is 13.0 Å². The number of carbonyl (C=O) groups excluding carboxylic acids is 1. The lowest BCUT2D eigenvalue weighted by Crippen LogP contribution is -2.53. The Hall–Kier alpha value is -1.51. The molecule has 1 aromatic rings. The van der Waals surface area contributed by atoms with Gasteiger partial charge in [0.2, 0.25) is 0 Å². The average molecular weight is 233 g/mol. The minimum absolute atomic E-state index is 0.0973. The molecule has 92 valence electrons. The summed E-state index contributed by atoms with van der Waals surface area (Å²) in [4.78, 5) is 13.7. The van der Waals surface area contributed by atoms with Crippen LogP contribution in [0.25, 0.3) is 0 Å². The lowest BCUT2D eigenvalue weighted by Gasteiger charge is -2.42. The molecule has 1 aliphatic heterocycles. The molecule has 0 amide bonds. The maximum atomic E-state index is 11.6. The maximum absolute atomic E-state index is 11.6. The van der Waals surface area contributed by atoms with Crippen LogP contribution in [0.3, 0.4) is 0 Å². The number of benzene rings is 1. The van der Waals surface area contributed by atoms with Crippen LogP contribution < -0.4 is 4.90 Å². The van der Waals surface area contributed by atoms with Crippen LogP contribution in [0.15, 0.2) is 24.3 Å². The average Bonchev–Trinajstić information content (AvgIpc) is 2.28. The number of para-hydroxylation sites is 1. The summed E-state index contributed by atoms with van der Waals surface area (Å²) in [5, 5.41) is 0. The third-order valence-electron chi connectivity index (χ3n) is 3.36. The summed E-state index contributed by atoms with van der Waals surface area (Å²) in [5.41, 5.74) is 2.46. The number of nitrogens with zero attached hydrogens (tertiary/aromatic N) is 1. The highest BCUT2D eigenvalue weighted by Crippen LogP contribution is 2.33. The first-order valence-electron chi connectivity index (χ1n) is 6.08. The van der Waals surface area contributed by atoms with E-state index in [1.807, 2.05) is 12.1 Å². The molecule has 1 aliphatic rings. The minimum atomic E-state index is -0.130. The van der Waals surface area contributed by atoms with Crippen molar-refractivity contribution < 1.29 is 9.53 Å². The van der Waals surface area contributed by atoms with E-state index in [2.05, 4.69) is 30.9 Å². The molecule has 1 heterocycles. The molecule has 1 aromatic carbocycles. The molecule has 1 atom stereocenters. The Morgan fingerprint density at radius 2 is 2.12 bits per heavy atom. The summed E-state index contributed by atoms with van der Waals surface area (Å²) in [5.74, 6) is 0.333. The Bertz CT molecular complexity index is 414. The molecule has 0 aliphatic carbocycles. The maximum Gasteiger partial charge on any atom is 0.328 e. The van der Waals surface area contributed by atoms with Gasteiger partial charge in [0, 0.05) is 12.2 Å². The van der Waals surface area contributed by atoms with Gasteiger partial charge >= 0.3 is 5.97 Å². The highest BCUT2D eigenvalue weighted by molar-refractivity contribution is 5.82. The van der Waals surface area contributed by atoms with Crippen LogP contribution in [0.4, 0.5) is 5.69 Å². The van der Waals surface area contributed by atoms with Crippen LogP contribution in [-0.2, 0) is 9.53 Å². The topological polar surface area (TPSA) is 29.5 Å². The lowest BCUT2D eigenvalue weighted by atomic mass is 9.95. The largest absolute Gasteiger partial charge is 0.467 e. The van der Waals surface area contributed by atoms with Crippen molar-refractivity contribution in [3.63, 3.8) is 0 Å². The highest BCUT2D eigenvalue weighted by atomic mass is 16.5. The predicted molar refractivity (Wildman–Crippen MR) is 68.3 cm³/mol. The van der Waals surface area contributed by atoms with Gasteiger partial charge < -0.3 is 9.64 Å². The molecule has 0 aromatic heterocycles. The molecule has 0 saturated carbocycles. The first kappa shape index (κ1) is 12.0. The zero-order valence-electron chi connectivity index (χ0n) is 10.6. The molecule has 3 heteroatoms. The summed E-state index contributed by atoms with van der Waals surface area (Å²) >= 11 is 0. The van der Waals surface area contributed by atoms with Crippen LogP contribution in [0.1, 0.15) is 31.7 Å². The van der Waals surface area contributed by atoms with E-state index in [-0.39, 0.29) is 12.0 Å². The SMILES string of the molecule is COC(=O)C1CCN1c1ccccc1C(C)C. The van der Waals surface area contributed by atoms with Gasteiger partial charge in [0.25, 0.3) is 0 Å². The molecule has 17 heavy (non-hydrogen) atoms. The summed E-state index contributed by atoms with van der Waals surface area (Å²) < 4.78 is 4.83. The van der Waals surface area contributed by atoms with Gasteiger partial charge in [-0.25, -0.2) is 4.79 Å². The fourth-order valence-corrected chi connectivity index (χ4v) is 2.29. The Morgan fingerprint density at radius 3 is 2.65 bits per heavy atom. The van der Waals surface area contributed by atoms with Crippen molar-refractivity contribution >= 4 is 11.7 Å². The van der Waals surface area contributed by atoms with Gasteiger partial charge in [-0.3, -0.25) is 0 Å². The number of rotatable bonds is 3. The second kappa shape index (κ2) is 4.78. The zero-order valence-corrected chi connectivity index (χ0v) is 10.6. The van der Waals surface area contributed by atoms with Gasteiger partial charge in [-0.05, 0) is 24.0 Å². The van der Waals surface area contributed by atoms with E-state index < -0.39 is 0 Å². The first-order valence-corrected chi connectivity index (χ1v) is 6.08. The molecule has 3 nitrogen and oxygen atoms in total. The number of esters is 1. The van der Waals surface area contributed by atoms with E-state index in [1.165, 1.54) is 18.4 Å². The highest BCUT2D eigenvalue weighted by Gasteiger charge is 2.36. The molecule has 1 fully saturated rings. The van der Waals surface area contributed by atoms with Gasteiger partial charge in [0.05, 0.1) is 7.11 Å². The van der Waals surface area contributed by atoms with Gasteiger partial charge in [-0.1, -0.05) is 32.0 Å². The van der Waals surface area contributed by atoms with Crippen LogP contribution in [-0.4, -0.2) is 25.7 Å². The molecule has 0 N–H and O–H groups in total. The monoisotopic (exact) mass is 233 g/mol. The predicted octanol–water partition coefficient (Wildman–Crippen LogP) is 2.56. The molecule has 2 rings (SSSR count). The number of carbonyl (C=O) groups is 1. The number of methoxy groups -OCH3 is 1. The standard InChI is InChI=1S/C14H19NO2/c1-10(2)11-6-4-5-7-12(11)15-9-8-13(15)14(16)17-3/h4-7,10,13H,8-9H2,1-3H3. The third-order valence-corrected chi connectivity index (χ3v) is 3.36. The molecule has 1 saturated heterocycles. The lowest BCUT2D eigenvalue weighted by molar-refractivity contribution is -0.143. The summed E-state index contributed by atoms with van der Waals surface area (Å²) in [6, 6.07) is 8.19. The van der Waals surface area contributed by atoms with Crippen molar-refractivity contribution in [2.45, 2.75) is 32.2 Å². The van der Waals surface area contributed by atoms with Crippen molar-refractivity contribution in [2.24, 2.45) is 0 Å². The molecule has 0 bridgehead atoms. The number of ether oxygens (including phenoxy) is 1. The van der Waals surface area contributed by atoms with Crippen molar-refractivity contribution in [1.82, 2.24) is 0 Å². The Kier molecular flexibility index (Phi) is 3.36. The van der Waals surface area contributed by atoms with E-state index in [1.54, 1.807) is 0 Å². The normalized spacial score (nSPS) is 19.1. The number of hydrogen-bond acceptors (Lipinski definition) is 3. The molecule has 0 spiro atoms. The smallest absolute Gasteiger partial charge is 0.328 e. The van der Waals surface area contributed by atoms with E-state index in [4.69, 9.17) is 4.74 Å². The first-order chi connectivity index (χ1) is 8.15. The molecular formula is C14H19NO2. The second-order valence-electron chi connectivity index (χ2n) is 4.73. The fraction of sp³-hybridized carbons (Fsp3) is 0.500. The van der Waals surface area contributed by atoms with Crippen molar-refractivity contribution in [3.8, 4) is 0 Å². The Labute approximate surface area is 102 Å². The summed E-state index contributed by atoms with van der Waals surface area (Å²) in [6.07, 6.45) is 0.888. The summed E-state index contributed by atoms with van der Waals surface area (Å²) in [6.45, 7) is 5.28. The van der Waals surface area contributed by atoms with Crippen molar-refractivity contribution in [2.75, 3.05) is 18.6 Å². The number of anilines is 1. The van der Waals surface area contributed by atoms with E-state index in [9.17, 15) is 4.79 Å². The van der Waals surface area contributed by atoms with Crippen LogP contribution in [0.2, 0.25) is 0 Å². The Balaban J connectivity index is 2.26. The minimum Gasteiger partial charge on any atom is -0.467 e. The third kappa shape index (κ3) is 2.14. The van der Waals surface area contributed by atoms with Gasteiger partial charge in [-0.15, -0.1) is 0 Å². The van der Waals surface area contributed by atoms with Gasteiger partial charge in [-0.2, -0.15) is 0 Å². The van der Waals surface area contributed by atoms with Crippen LogP contribution in [0, 0.1) is 0 Å². The zero-order chi connectivity index (χ0) is 12.4. The quantitative estimate of drug-likeness (QED) is 0.751. The summed E-state index contributed by atoms with van der Waals surface area (Å²) in [7, 11) is 1.45.